The number of hydrogen-bond donors (Lipinski definition) is 3. The summed E-state index contributed by atoms with van der Waals surface area (Å²) in [5.74, 6) is 0.541. The van der Waals surface area contributed by atoms with E-state index in [4.69, 9.17) is 0 Å². The molecule has 11 heteroatoms. The van der Waals surface area contributed by atoms with Crippen molar-refractivity contribution in [3.05, 3.63) is 46.9 Å². The Hall–Kier alpha value is -1.04. The summed E-state index contributed by atoms with van der Waals surface area (Å²) in [6, 6.07) is 0. The van der Waals surface area contributed by atoms with Crippen molar-refractivity contribution >= 4 is 53.6 Å². The van der Waals surface area contributed by atoms with Crippen LogP contribution < -0.4 is 21.3 Å². The highest BCUT2D eigenvalue weighted by atomic mass is 79.9. The number of nitrogens with zero attached hydrogens (tertiary/aromatic N) is 3. The summed E-state index contributed by atoms with van der Waals surface area (Å²) in [7, 11) is 0. The highest BCUT2D eigenvalue weighted by Crippen LogP contribution is 2.15. The van der Waals surface area contributed by atoms with E-state index in [2.05, 4.69) is 73.0 Å². The van der Waals surface area contributed by atoms with Crippen LogP contribution in [0.15, 0.2) is 35.8 Å². The molecule has 2 aliphatic rings. The Balaban J connectivity index is 0.000000171. The molecule has 0 aliphatic carbocycles. The number of halogens is 3. The standard InChI is InChI=1S/C9H12BrN3O.C5H11N.C4H2Br2N2O/c10-7-6-11-9(14)8(12-7)13-4-2-1-3-5-13;1-2-4-6-5-3-1;5-2-1-7-4(9)3(6)8-2/h6H,1-5H2,(H,11,14);6H,1-5H2;1H,(H,7,9). The molecule has 0 saturated carbocycles. The Morgan fingerprint density at radius 1 is 0.759 bits per heavy atom. The molecule has 0 spiro atoms. The van der Waals surface area contributed by atoms with E-state index in [1.165, 1.54) is 45.0 Å². The molecule has 160 valence electrons. The molecule has 0 unspecified atom stereocenters. The second-order valence-corrected chi connectivity index (χ2v) is 8.95. The van der Waals surface area contributed by atoms with Crippen LogP contribution >= 0.6 is 47.8 Å². The molecule has 8 nitrogen and oxygen atoms in total. The third kappa shape index (κ3) is 9.10. The van der Waals surface area contributed by atoms with E-state index in [0.717, 1.165) is 25.9 Å². The van der Waals surface area contributed by atoms with Crippen molar-refractivity contribution in [1.29, 1.82) is 0 Å². The minimum atomic E-state index is -0.224. The summed E-state index contributed by atoms with van der Waals surface area (Å²) in [6.07, 6.45) is 10.8. The SMILES string of the molecule is C1CCNCC1.O=c1[nH]cc(Br)nc1Br.O=c1[nH]cc(Br)nc1N1CCCCC1. The summed E-state index contributed by atoms with van der Waals surface area (Å²) in [5.41, 5.74) is -0.326. The van der Waals surface area contributed by atoms with Gasteiger partial charge in [-0.05, 0) is 93.0 Å². The van der Waals surface area contributed by atoms with Crippen LogP contribution in [0.5, 0.6) is 0 Å². The van der Waals surface area contributed by atoms with Gasteiger partial charge in [-0.25, -0.2) is 9.97 Å². The second kappa shape index (κ2) is 13.3. The zero-order chi connectivity index (χ0) is 21.1. The van der Waals surface area contributed by atoms with Crippen molar-refractivity contribution in [3.63, 3.8) is 0 Å². The highest BCUT2D eigenvalue weighted by molar-refractivity contribution is 9.11. The molecule has 0 atom stereocenters. The Bertz CT molecular complexity index is 852. The van der Waals surface area contributed by atoms with Gasteiger partial charge in [0.1, 0.15) is 9.21 Å². The van der Waals surface area contributed by atoms with Crippen molar-refractivity contribution in [1.82, 2.24) is 25.3 Å². The number of nitrogens with one attached hydrogen (secondary N) is 3. The highest BCUT2D eigenvalue weighted by Gasteiger charge is 2.15. The Morgan fingerprint density at radius 2 is 1.31 bits per heavy atom. The van der Waals surface area contributed by atoms with Crippen LogP contribution in [0.25, 0.3) is 0 Å². The van der Waals surface area contributed by atoms with Gasteiger partial charge in [0, 0.05) is 25.5 Å². The summed E-state index contributed by atoms with van der Waals surface area (Å²) in [6.45, 7) is 4.37. The minimum Gasteiger partial charge on any atom is -0.352 e. The molecular formula is C18H25Br3N6O2. The quantitative estimate of drug-likeness (QED) is 0.465. The van der Waals surface area contributed by atoms with Gasteiger partial charge in [-0.1, -0.05) is 6.42 Å². The molecule has 0 bridgehead atoms. The average Bonchev–Trinajstić information content (AvgIpc) is 2.75. The Morgan fingerprint density at radius 3 is 1.79 bits per heavy atom. The predicted molar refractivity (Wildman–Crippen MR) is 126 cm³/mol. The third-order valence-corrected chi connectivity index (χ3v) is 5.67. The van der Waals surface area contributed by atoms with E-state index in [-0.39, 0.29) is 15.7 Å². The number of hydrogen-bond acceptors (Lipinski definition) is 6. The first-order chi connectivity index (χ1) is 14.0. The van der Waals surface area contributed by atoms with Crippen molar-refractivity contribution in [2.45, 2.75) is 38.5 Å². The van der Waals surface area contributed by atoms with Crippen LogP contribution in [0, 0.1) is 0 Å². The fourth-order valence-corrected chi connectivity index (χ4v) is 3.97. The van der Waals surface area contributed by atoms with Gasteiger partial charge < -0.3 is 20.2 Å². The van der Waals surface area contributed by atoms with Gasteiger partial charge in [-0.3, -0.25) is 9.59 Å². The number of H-pyrrole nitrogens is 2. The zero-order valence-electron chi connectivity index (χ0n) is 16.0. The molecule has 2 aromatic rings. The smallest absolute Gasteiger partial charge is 0.290 e. The molecule has 0 aromatic carbocycles. The lowest BCUT2D eigenvalue weighted by Gasteiger charge is -2.26. The third-order valence-electron chi connectivity index (χ3n) is 4.32. The average molecular weight is 597 g/mol. The zero-order valence-corrected chi connectivity index (χ0v) is 20.8. The van der Waals surface area contributed by atoms with Crippen molar-refractivity contribution in [2.75, 3.05) is 31.1 Å². The maximum absolute atomic E-state index is 11.5. The number of aromatic nitrogens is 4. The molecule has 2 aliphatic heterocycles. The van der Waals surface area contributed by atoms with Crippen molar-refractivity contribution < 1.29 is 0 Å². The van der Waals surface area contributed by atoms with Gasteiger partial charge in [0.25, 0.3) is 11.1 Å². The van der Waals surface area contributed by atoms with E-state index < -0.39 is 0 Å². The maximum Gasteiger partial charge on any atom is 0.290 e. The molecular weight excluding hydrogens is 572 g/mol. The molecule has 4 rings (SSSR count). The lowest BCUT2D eigenvalue weighted by Crippen LogP contribution is -2.34. The largest absolute Gasteiger partial charge is 0.352 e. The monoisotopic (exact) mass is 594 g/mol. The van der Waals surface area contributed by atoms with Crippen LogP contribution in [0.1, 0.15) is 38.5 Å². The summed E-state index contributed by atoms with van der Waals surface area (Å²) in [4.78, 5) is 37.2. The van der Waals surface area contributed by atoms with Gasteiger partial charge in [-0.15, -0.1) is 0 Å². The molecule has 0 radical (unpaired) electrons. The van der Waals surface area contributed by atoms with Gasteiger partial charge >= 0.3 is 0 Å². The lowest BCUT2D eigenvalue weighted by atomic mass is 10.1. The fourth-order valence-electron chi connectivity index (χ4n) is 2.86. The first kappa shape index (κ1) is 24.2. The van der Waals surface area contributed by atoms with Crippen LogP contribution in [-0.2, 0) is 0 Å². The van der Waals surface area contributed by atoms with E-state index in [1.54, 1.807) is 6.20 Å². The van der Waals surface area contributed by atoms with E-state index >= 15 is 0 Å². The summed E-state index contributed by atoms with van der Waals surface area (Å²) < 4.78 is 1.57. The first-order valence-corrected chi connectivity index (χ1v) is 12.0. The Labute approximate surface area is 194 Å². The molecule has 0 amide bonds. The molecule has 2 fully saturated rings. The normalized spacial score (nSPS) is 16.2. The van der Waals surface area contributed by atoms with E-state index in [0.29, 0.717) is 15.0 Å². The van der Waals surface area contributed by atoms with Gasteiger partial charge in [0.2, 0.25) is 0 Å². The number of anilines is 1. The lowest BCUT2D eigenvalue weighted by molar-refractivity contribution is 0.520. The topological polar surface area (TPSA) is 107 Å². The maximum atomic E-state index is 11.5. The molecule has 2 aromatic heterocycles. The Kier molecular flexibility index (Phi) is 11.1. The van der Waals surface area contributed by atoms with Crippen molar-refractivity contribution in [3.8, 4) is 0 Å². The van der Waals surface area contributed by atoms with Crippen molar-refractivity contribution in [2.24, 2.45) is 0 Å². The van der Waals surface area contributed by atoms with Gasteiger partial charge in [0.05, 0.1) is 0 Å². The number of rotatable bonds is 1. The first-order valence-electron chi connectivity index (χ1n) is 9.59. The number of piperidine rings is 2. The van der Waals surface area contributed by atoms with E-state index in [1.807, 2.05) is 4.90 Å². The minimum absolute atomic E-state index is 0.102. The predicted octanol–water partition coefficient (Wildman–Crippen LogP) is 3.58. The van der Waals surface area contributed by atoms with Crippen LogP contribution in [-0.4, -0.2) is 46.1 Å². The van der Waals surface area contributed by atoms with Gasteiger partial charge in [-0.2, -0.15) is 0 Å². The summed E-state index contributed by atoms with van der Waals surface area (Å²) in [5, 5.41) is 3.28. The van der Waals surface area contributed by atoms with Crippen LogP contribution in [0.3, 0.4) is 0 Å². The number of aromatic amines is 2. The second-order valence-electron chi connectivity index (χ2n) is 6.58. The summed E-state index contributed by atoms with van der Waals surface area (Å²) >= 11 is 9.30. The van der Waals surface area contributed by atoms with Crippen LogP contribution in [0.2, 0.25) is 0 Å². The molecule has 3 N–H and O–H groups in total. The van der Waals surface area contributed by atoms with Gasteiger partial charge in [0.15, 0.2) is 10.4 Å². The van der Waals surface area contributed by atoms with E-state index in [9.17, 15) is 9.59 Å². The molecule has 2 saturated heterocycles. The van der Waals surface area contributed by atoms with Crippen LogP contribution in [0.4, 0.5) is 5.82 Å². The molecule has 29 heavy (non-hydrogen) atoms. The molecule has 4 heterocycles. The fraction of sp³-hybridized carbons (Fsp3) is 0.556.